The van der Waals surface area contributed by atoms with E-state index in [-0.39, 0.29) is 6.04 Å². The van der Waals surface area contributed by atoms with Gasteiger partial charge in [0.25, 0.3) is 0 Å². The number of hydrogen-bond donors (Lipinski definition) is 1. The molecule has 0 unspecified atom stereocenters. The number of benzene rings is 1. The summed E-state index contributed by atoms with van der Waals surface area (Å²) in [5.74, 6) is 1.89. The first-order valence-corrected chi connectivity index (χ1v) is 7.00. The molecule has 1 aromatic carbocycles. The smallest absolute Gasteiger partial charge is 0.124 e. The van der Waals surface area contributed by atoms with Crippen LogP contribution in [-0.2, 0) is 0 Å². The van der Waals surface area contributed by atoms with Gasteiger partial charge in [0.15, 0.2) is 0 Å². The molecule has 0 radical (unpaired) electrons. The molecule has 0 aliphatic heterocycles. The van der Waals surface area contributed by atoms with Crippen molar-refractivity contribution in [2.75, 3.05) is 18.6 Å². The molecule has 0 aromatic heterocycles. The van der Waals surface area contributed by atoms with Crippen LogP contribution in [0.3, 0.4) is 0 Å². The molecule has 15 heavy (non-hydrogen) atoms. The monoisotopic (exact) mass is 289 g/mol. The maximum absolute atomic E-state index is 5.88. The fourth-order valence-corrected chi connectivity index (χ4v) is 1.87. The molecule has 1 aromatic rings. The van der Waals surface area contributed by atoms with Crippen LogP contribution in [0.4, 0.5) is 0 Å². The average molecular weight is 290 g/mol. The molecule has 0 heterocycles. The van der Waals surface area contributed by atoms with E-state index in [1.807, 2.05) is 25.1 Å². The number of nitrogens with two attached hydrogens (primary N) is 1. The third-order valence-electron chi connectivity index (χ3n) is 2.01. The lowest BCUT2D eigenvalue weighted by molar-refractivity contribution is 0.338. The second-order valence-corrected chi connectivity index (χ2v) is 5.21. The van der Waals surface area contributed by atoms with E-state index in [9.17, 15) is 0 Å². The van der Waals surface area contributed by atoms with Gasteiger partial charge < -0.3 is 10.5 Å². The molecular formula is C11H16BrNOS. The van der Waals surface area contributed by atoms with Gasteiger partial charge in [0.1, 0.15) is 5.75 Å². The Morgan fingerprint density at radius 2 is 2.27 bits per heavy atom. The zero-order chi connectivity index (χ0) is 11.3. The second kappa shape index (κ2) is 6.40. The highest BCUT2D eigenvalue weighted by Gasteiger charge is 2.08. The van der Waals surface area contributed by atoms with Gasteiger partial charge >= 0.3 is 0 Å². The van der Waals surface area contributed by atoms with Gasteiger partial charge in [-0.2, -0.15) is 11.8 Å². The van der Waals surface area contributed by atoms with Crippen LogP contribution in [0, 0.1) is 0 Å². The molecule has 2 nitrogen and oxygen atoms in total. The normalized spacial score (nSPS) is 12.5. The number of rotatable bonds is 5. The van der Waals surface area contributed by atoms with Crippen molar-refractivity contribution in [1.82, 2.24) is 0 Å². The van der Waals surface area contributed by atoms with Crippen molar-refractivity contribution in [3.05, 3.63) is 28.2 Å². The fourth-order valence-electron chi connectivity index (χ4n) is 1.24. The first kappa shape index (κ1) is 12.9. The summed E-state index contributed by atoms with van der Waals surface area (Å²) in [5.41, 5.74) is 6.93. The maximum Gasteiger partial charge on any atom is 0.124 e. The Kier molecular flexibility index (Phi) is 5.50. The van der Waals surface area contributed by atoms with Gasteiger partial charge in [-0.15, -0.1) is 0 Å². The van der Waals surface area contributed by atoms with Crippen LogP contribution in [0.25, 0.3) is 0 Å². The molecular weight excluding hydrogens is 274 g/mol. The average Bonchev–Trinajstić information content (AvgIpc) is 2.20. The van der Waals surface area contributed by atoms with E-state index in [0.717, 1.165) is 28.1 Å². The standard InChI is InChI=1S/C11H16BrNOS/c1-8(13)10-7-9(12)3-4-11(10)14-5-6-15-2/h3-4,7-8H,5-6,13H2,1-2H3/t8-/m0/s1. The van der Waals surface area contributed by atoms with Crippen LogP contribution in [0.2, 0.25) is 0 Å². The van der Waals surface area contributed by atoms with Crippen molar-refractivity contribution in [3.8, 4) is 5.75 Å². The number of ether oxygens (including phenoxy) is 1. The van der Waals surface area contributed by atoms with Crippen molar-refractivity contribution in [2.45, 2.75) is 13.0 Å². The molecule has 4 heteroatoms. The topological polar surface area (TPSA) is 35.2 Å². The molecule has 2 N–H and O–H groups in total. The van der Waals surface area contributed by atoms with Crippen LogP contribution < -0.4 is 10.5 Å². The Morgan fingerprint density at radius 3 is 2.87 bits per heavy atom. The van der Waals surface area contributed by atoms with E-state index in [0.29, 0.717) is 0 Å². The molecule has 0 spiro atoms. The minimum Gasteiger partial charge on any atom is -0.492 e. The summed E-state index contributed by atoms with van der Waals surface area (Å²) in [7, 11) is 0. The van der Waals surface area contributed by atoms with Crippen molar-refractivity contribution >= 4 is 27.7 Å². The second-order valence-electron chi connectivity index (χ2n) is 3.31. The van der Waals surface area contributed by atoms with Gasteiger partial charge in [-0.05, 0) is 31.4 Å². The van der Waals surface area contributed by atoms with E-state index >= 15 is 0 Å². The largest absolute Gasteiger partial charge is 0.492 e. The lowest BCUT2D eigenvalue weighted by Gasteiger charge is -2.14. The molecule has 84 valence electrons. The van der Waals surface area contributed by atoms with Gasteiger partial charge in [-0.1, -0.05) is 15.9 Å². The van der Waals surface area contributed by atoms with E-state index in [1.165, 1.54) is 0 Å². The van der Waals surface area contributed by atoms with Crippen LogP contribution in [0.5, 0.6) is 5.75 Å². The Labute approximate surface area is 104 Å². The lowest BCUT2D eigenvalue weighted by Crippen LogP contribution is -2.09. The molecule has 0 amide bonds. The fraction of sp³-hybridized carbons (Fsp3) is 0.455. The maximum atomic E-state index is 5.88. The quantitative estimate of drug-likeness (QED) is 0.846. The molecule has 0 aliphatic rings. The van der Waals surface area contributed by atoms with Gasteiger partial charge in [-0.25, -0.2) is 0 Å². The SMILES string of the molecule is CSCCOc1ccc(Br)cc1[C@H](C)N. The lowest BCUT2D eigenvalue weighted by atomic mass is 10.1. The third-order valence-corrected chi connectivity index (χ3v) is 3.08. The summed E-state index contributed by atoms with van der Waals surface area (Å²) in [5, 5.41) is 0. The summed E-state index contributed by atoms with van der Waals surface area (Å²) in [4.78, 5) is 0. The minimum atomic E-state index is -0.00761. The zero-order valence-electron chi connectivity index (χ0n) is 9.00. The van der Waals surface area contributed by atoms with Gasteiger partial charge in [0.05, 0.1) is 6.61 Å². The third kappa shape index (κ3) is 4.05. The van der Waals surface area contributed by atoms with Gasteiger partial charge in [0.2, 0.25) is 0 Å². The molecule has 0 fully saturated rings. The van der Waals surface area contributed by atoms with Crippen LogP contribution in [0.15, 0.2) is 22.7 Å². The Bertz CT molecular complexity index is 317. The number of hydrogen-bond acceptors (Lipinski definition) is 3. The summed E-state index contributed by atoms with van der Waals surface area (Å²) < 4.78 is 6.71. The molecule has 0 saturated carbocycles. The van der Waals surface area contributed by atoms with Gasteiger partial charge in [-0.3, -0.25) is 0 Å². The van der Waals surface area contributed by atoms with Crippen molar-refractivity contribution < 1.29 is 4.74 Å². The van der Waals surface area contributed by atoms with Crippen LogP contribution >= 0.6 is 27.7 Å². The van der Waals surface area contributed by atoms with Crippen LogP contribution in [0.1, 0.15) is 18.5 Å². The Hall–Kier alpha value is -0.190. The summed E-state index contributed by atoms with van der Waals surface area (Å²) in [6.45, 7) is 2.69. The predicted molar refractivity (Wildman–Crippen MR) is 70.6 cm³/mol. The van der Waals surface area contributed by atoms with E-state index in [4.69, 9.17) is 10.5 Å². The molecule has 0 aliphatic carbocycles. The highest BCUT2D eigenvalue weighted by Crippen LogP contribution is 2.27. The minimum absolute atomic E-state index is 0.00761. The predicted octanol–water partition coefficient (Wildman–Crippen LogP) is 3.21. The molecule has 0 bridgehead atoms. The highest BCUT2D eigenvalue weighted by molar-refractivity contribution is 9.10. The zero-order valence-corrected chi connectivity index (χ0v) is 11.4. The van der Waals surface area contributed by atoms with Crippen molar-refractivity contribution in [1.29, 1.82) is 0 Å². The Balaban J connectivity index is 2.77. The van der Waals surface area contributed by atoms with Crippen molar-refractivity contribution in [2.24, 2.45) is 5.73 Å². The van der Waals surface area contributed by atoms with E-state index < -0.39 is 0 Å². The summed E-state index contributed by atoms with van der Waals surface area (Å²) in [6, 6.07) is 5.94. The van der Waals surface area contributed by atoms with Crippen LogP contribution in [-0.4, -0.2) is 18.6 Å². The first-order chi connectivity index (χ1) is 7.15. The molecule has 1 atom stereocenters. The Morgan fingerprint density at radius 1 is 1.53 bits per heavy atom. The highest BCUT2D eigenvalue weighted by atomic mass is 79.9. The van der Waals surface area contributed by atoms with Crippen molar-refractivity contribution in [3.63, 3.8) is 0 Å². The molecule has 0 saturated heterocycles. The van der Waals surface area contributed by atoms with E-state index in [2.05, 4.69) is 22.2 Å². The van der Waals surface area contributed by atoms with Gasteiger partial charge in [0, 0.05) is 21.8 Å². The van der Waals surface area contributed by atoms with E-state index in [1.54, 1.807) is 11.8 Å². The molecule has 1 rings (SSSR count). The first-order valence-electron chi connectivity index (χ1n) is 4.82. The summed E-state index contributed by atoms with van der Waals surface area (Å²) in [6.07, 6.45) is 2.07. The summed E-state index contributed by atoms with van der Waals surface area (Å²) >= 11 is 5.20. The number of thioether (sulfide) groups is 1. The number of halogens is 1.